The van der Waals surface area contributed by atoms with Crippen molar-refractivity contribution in [2.24, 2.45) is 5.92 Å². The van der Waals surface area contributed by atoms with E-state index in [0.717, 1.165) is 50.5 Å². The Hall–Kier alpha value is -2.45. The zero-order valence-corrected chi connectivity index (χ0v) is 18.4. The highest BCUT2D eigenvalue weighted by atomic mass is 16.5. The minimum atomic E-state index is -0.590. The zero-order chi connectivity index (χ0) is 22.1. The van der Waals surface area contributed by atoms with Gasteiger partial charge in [-0.05, 0) is 61.9 Å². The van der Waals surface area contributed by atoms with Gasteiger partial charge < -0.3 is 14.4 Å². The van der Waals surface area contributed by atoms with E-state index in [0.29, 0.717) is 37.1 Å². The smallest absolute Gasteiger partial charge is 0.255 e. The lowest BCUT2D eigenvalue weighted by Crippen LogP contribution is -2.52. The standard InChI is InChI=1S/C24H31N3O5/c28-22-7-6-21(23(29)25-22)27-13-17-11-19(4-5-20(17)24(27)30)32-15-18-3-1-2-9-26(18)12-16-8-10-31-14-16/h4-5,11,16,18,21H,1-3,6-10,12-15H2,(H,25,28,29). The number of benzene rings is 1. The SMILES string of the molecule is O=C1CCC(N2Cc3cc(OCC4CCCCN4CC4CCOC4)ccc3C2=O)C(=O)N1. The number of ether oxygens (including phenoxy) is 2. The summed E-state index contributed by atoms with van der Waals surface area (Å²) in [6.45, 7) is 4.94. The number of amides is 3. The Morgan fingerprint density at radius 3 is 2.84 bits per heavy atom. The van der Waals surface area contributed by atoms with Crippen molar-refractivity contribution in [1.82, 2.24) is 15.1 Å². The number of likely N-dealkylation sites (tertiary alicyclic amines) is 1. The van der Waals surface area contributed by atoms with Crippen molar-refractivity contribution >= 4 is 17.7 Å². The molecule has 3 unspecified atom stereocenters. The normalized spacial score (nSPS) is 28.7. The molecule has 3 saturated heterocycles. The molecule has 3 amide bonds. The molecule has 0 aromatic heterocycles. The molecule has 0 radical (unpaired) electrons. The van der Waals surface area contributed by atoms with E-state index in [-0.39, 0.29) is 24.1 Å². The Balaban J connectivity index is 1.21. The van der Waals surface area contributed by atoms with Crippen LogP contribution in [0.5, 0.6) is 5.75 Å². The van der Waals surface area contributed by atoms with Gasteiger partial charge in [-0.3, -0.25) is 24.6 Å². The molecule has 4 aliphatic rings. The first-order valence-corrected chi connectivity index (χ1v) is 11.8. The monoisotopic (exact) mass is 441 g/mol. The van der Waals surface area contributed by atoms with Crippen LogP contribution in [0.2, 0.25) is 0 Å². The molecule has 0 spiro atoms. The molecule has 4 heterocycles. The Labute approximate surface area is 188 Å². The lowest BCUT2D eigenvalue weighted by molar-refractivity contribution is -0.136. The second-order valence-electron chi connectivity index (χ2n) is 9.40. The average molecular weight is 442 g/mol. The summed E-state index contributed by atoms with van der Waals surface area (Å²) in [7, 11) is 0. The summed E-state index contributed by atoms with van der Waals surface area (Å²) in [5.74, 6) is 0.571. The van der Waals surface area contributed by atoms with Crippen LogP contribution in [0.3, 0.4) is 0 Å². The van der Waals surface area contributed by atoms with Crippen molar-refractivity contribution in [2.75, 3.05) is 32.9 Å². The van der Waals surface area contributed by atoms with Crippen LogP contribution in [-0.4, -0.2) is 72.5 Å². The quantitative estimate of drug-likeness (QED) is 0.677. The van der Waals surface area contributed by atoms with Crippen LogP contribution in [0.15, 0.2) is 18.2 Å². The molecule has 5 rings (SSSR count). The Bertz CT molecular complexity index is 898. The predicted octanol–water partition coefficient (Wildman–Crippen LogP) is 1.72. The molecular formula is C24H31N3O5. The Morgan fingerprint density at radius 2 is 2.03 bits per heavy atom. The molecule has 1 N–H and O–H groups in total. The van der Waals surface area contributed by atoms with E-state index in [4.69, 9.17) is 9.47 Å². The van der Waals surface area contributed by atoms with Crippen LogP contribution >= 0.6 is 0 Å². The molecular weight excluding hydrogens is 410 g/mol. The summed E-state index contributed by atoms with van der Waals surface area (Å²) in [6.07, 6.45) is 5.38. The number of imide groups is 1. The maximum Gasteiger partial charge on any atom is 0.255 e. The molecule has 8 heteroatoms. The lowest BCUT2D eigenvalue weighted by Gasteiger charge is -2.36. The minimum absolute atomic E-state index is 0.154. The van der Waals surface area contributed by atoms with E-state index in [2.05, 4.69) is 10.2 Å². The Kier molecular flexibility index (Phi) is 6.15. The van der Waals surface area contributed by atoms with E-state index < -0.39 is 6.04 Å². The molecule has 3 atom stereocenters. The number of rotatable bonds is 6. The number of hydrogen-bond acceptors (Lipinski definition) is 6. The van der Waals surface area contributed by atoms with Gasteiger partial charge in [0.1, 0.15) is 18.4 Å². The third kappa shape index (κ3) is 4.38. The summed E-state index contributed by atoms with van der Waals surface area (Å²) < 4.78 is 11.7. The van der Waals surface area contributed by atoms with Crippen molar-refractivity contribution < 1.29 is 23.9 Å². The number of hydrogen-bond donors (Lipinski definition) is 1. The second-order valence-corrected chi connectivity index (χ2v) is 9.40. The van der Waals surface area contributed by atoms with Crippen molar-refractivity contribution in [3.8, 4) is 5.75 Å². The molecule has 4 aliphatic heterocycles. The van der Waals surface area contributed by atoms with Gasteiger partial charge in [-0.25, -0.2) is 0 Å². The van der Waals surface area contributed by atoms with Crippen molar-refractivity contribution in [3.05, 3.63) is 29.3 Å². The molecule has 172 valence electrons. The van der Waals surface area contributed by atoms with Crippen molar-refractivity contribution in [2.45, 2.75) is 57.2 Å². The highest BCUT2D eigenvalue weighted by molar-refractivity contribution is 6.05. The van der Waals surface area contributed by atoms with Gasteiger partial charge in [0.2, 0.25) is 11.8 Å². The van der Waals surface area contributed by atoms with Crippen molar-refractivity contribution in [1.29, 1.82) is 0 Å². The molecule has 3 fully saturated rings. The lowest BCUT2D eigenvalue weighted by atomic mass is 10.00. The molecule has 8 nitrogen and oxygen atoms in total. The summed E-state index contributed by atoms with van der Waals surface area (Å²) in [4.78, 5) is 40.6. The highest BCUT2D eigenvalue weighted by Gasteiger charge is 2.39. The fourth-order valence-corrected chi connectivity index (χ4v) is 5.38. The fraction of sp³-hybridized carbons (Fsp3) is 0.625. The van der Waals surface area contributed by atoms with Gasteiger partial charge in [0.15, 0.2) is 0 Å². The minimum Gasteiger partial charge on any atom is -0.492 e. The van der Waals surface area contributed by atoms with Crippen LogP contribution in [0.25, 0.3) is 0 Å². The topological polar surface area (TPSA) is 88.2 Å². The maximum atomic E-state index is 12.9. The number of piperidine rings is 2. The average Bonchev–Trinajstić information content (AvgIpc) is 3.41. The summed E-state index contributed by atoms with van der Waals surface area (Å²) in [5.41, 5.74) is 1.49. The van der Waals surface area contributed by atoms with Gasteiger partial charge in [-0.15, -0.1) is 0 Å². The fourth-order valence-electron chi connectivity index (χ4n) is 5.38. The van der Waals surface area contributed by atoms with Gasteiger partial charge in [-0.2, -0.15) is 0 Å². The van der Waals surface area contributed by atoms with Gasteiger partial charge in [0.25, 0.3) is 5.91 Å². The first-order chi connectivity index (χ1) is 15.6. The number of carbonyl (C=O) groups is 3. The predicted molar refractivity (Wildman–Crippen MR) is 116 cm³/mol. The first-order valence-electron chi connectivity index (χ1n) is 11.8. The van der Waals surface area contributed by atoms with Gasteiger partial charge in [0, 0.05) is 37.7 Å². The van der Waals surface area contributed by atoms with E-state index in [1.165, 1.54) is 12.8 Å². The summed E-state index contributed by atoms with van der Waals surface area (Å²) in [5, 5.41) is 2.34. The van der Waals surface area contributed by atoms with E-state index in [9.17, 15) is 14.4 Å². The van der Waals surface area contributed by atoms with Crippen LogP contribution in [-0.2, 0) is 20.9 Å². The third-order valence-corrected chi connectivity index (χ3v) is 7.20. The van der Waals surface area contributed by atoms with Gasteiger partial charge >= 0.3 is 0 Å². The second kappa shape index (κ2) is 9.19. The van der Waals surface area contributed by atoms with E-state index in [1.54, 1.807) is 11.0 Å². The highest BCUT2D eigenvalue weighted by Crippen LogP contribution is 2.30. The van der Waals surface area contributed by atoms with Gasteiger partial charge in [-0.1, -0.05) is 6.42 Å². The number of nitrogens with zero attached hydrogens (tertiary/aromatic N) is 2. The van der Waals surface area contributed by atoms with Crippen LogP contribution in [0, 0.1) is 5.92 Å². The van der Waals surface area contributed by atoms with Crippen LogP contribution in [0.4, 0.5) is 0 Å². The third-order valence-electron chi connectivity index (χ3n) is 7.20. The number of carbonyl (C=O) groups excluding carboxylic acids is 3. The van der Waals surface area contributed by atoms with Crippen LogP contribution < -0.4 is 10.1 Å². The Morgan fingerprint density at radius 1 is 1.12 bits per heavy atom. The molecule has 1 aromatic carbocycles. The zero-order valence-electron chi connectivity index (χ0n) is 18.4. The number of nitrogens with one attached hydrogen (secondary N) is 1. The van der Waals surface area contributed by atoms with Crippen LogP contribution in [0.1, 0.15) is 54.4 Å². The summed E-state index contributed by atoms with van der Waals surface area (Å²) >= 11 is 0. The number of fused-ring (bicyclic) bond motifs is 1. The molecule has 0 bridgehead atoms. The molecule has 0 aliphatic carbocycles. The molecule has 32 heavy (non-hydrogen) atoms. The van der Waals surface area contributed by atoms with Gasteiger partial charge in [0.05, 0.1) is 6.61 Å². The largest absolute Gasteiger partial charge is 0.492 e. The first kappa shape index (κ1) is 21.4. The van der Waals surface area contributed by atoms with Crippen molar-refractivity contribution in [3.63, 3.8) is 0 Å². The van der Waals surface area contributed by atoms with E-state index >= 15 is 0 Å². The molecule has 1 aromatic rings. The summed E-state index contributed by atoms with van der Waals surface area (Å²) in [6, 6.07) is 5.39. The maximum absolute atomic E-state index is 12.9. The molecule has 0 saturated carbocycles. The van der Waals surface area contributed by atoms with E-state index in [1.807, 2.05) is 12.1 Å².